The molecule has 4 heteroatoms. The van der Waals surface area contributed by atoms with E-state index in [1.807, 2.05) is 18.9 Å². The molecule has 0 unspecified atom stereocenters. The molecule has 4 aromatic rings. The number of nitrogens with zero attached hydrogens (tertiary/aromatic N) is 4. The van der Waals surface area contributed by atoms with Gasteiger partial charge in [0.2, 0.25) is 0 Å². The standard InChI is InChI=1S/C28H34N4/c1-18(2)23-9-8-10-24(20(23)5)27-15-32(17-30-27)14-22-11-25(19(3)4)21(6)26(12-22)28-13-29-16-31(28)7/h8-13,15-19H,14H2,1-7H3. The molecule has 0 aliphatic carbocycles. The molecule has 0 atom stereocenters. The maximum atomic E-state index is 4.75. The summed E-state index contributed by atoms with van der Waals surface area (Å²) in [5.41, 5.74) is 11.4. The molecular weight excluding hydrogens is 392 g/mol. The maximum Gasteiger partial charge on any atom is 0.0956 e. The number of hydrogen-bond acceptors (Lipinski definition) is 2. The summed E-state index contributed by atoms with van der Waals surface area (Å²) in [7, 11) is 2.05. The van der Waals surface area contributed by atoms with Crippen LogP contribution in [-0.2, 0) is 13.6 Å². The Morgan fingerprint density at radius 3 is 2.25 bits per heavy atom. The summed E-state index contributed by atoms with van der Waals surface area (Å²) < 4.78 is 4.29. The van der Waals surface area contributed by atoms with Gasteiger partial charge < -0.3 is 9.13 Å². The van der Waals surface area contributed by atoms with E-state index < -0.39 is 0 Å². The van der Waals surface area contributed by atoms with Gasteiger partial charge in [0.1, 0.15) is 0 Å². The van der Waals surface area contributed by atoms with Crippen LogP contribution in [0.5, 0.6) is 0 Å². The van der Waals surface area contributed by atoms with Crippen LogP contribution in [0.2, 0.25) is 0 Å². The number of aromatic nitrogens is 4. The zero-order chi connectivity index (χ0) is 23.0. The molecule has 0 saturated heterocycles. The molecule has 0 radical (unpaired) electrons. The van der Waals surface area contributed by atoms with Crippen molar-refractivity contribution in [1.29, 1.82) is 0 Å². The van der Waals surface area contributed by atoms with Crippen LogP contribution in [0.3, 0.4) is 0 Å². The SMILES string of the molecule is Cc1c(-c2cn(Cc3cc(-c4cncn4C)c(C)c(C(C)C)c3)cn2)cccc1C(C)C. The van der Waals surface area contributed by atoms with Crippen molar-refractivity contribution in [3.63, 3.8) is 0 Å². The topological polar surface area (TPSA) is 35.6 Å². The van der Waals surface area contributed by atoms with Crippen LogP contribution in [0.4, 0.5) is 0 Å². The van der Waals surface area contributed by atoms with Crippen LogP contribution in [0.15, 0.2) is 55.4 Å². The summed E-state index contributed by atoms with van der Waals surface area (Å²) in [5.74, 6) is 0.964. The molecule has 4 nitrogen and oxygen atoms in total. The molecular formula is C28H34N4. The molecule has 2 heterocycles. The second-order valence-corrected chi connectivity index (χ2v) is 9.51. The number of aryl methyl sites for hydroxylation is 1. The molecule has 0 fully saturated rings. The van der Waals surface area contributed by atoms with Crippen molar-refractivity contribution in [1.82, 2.24) is 19.1 Å². The zero-order valence-electron chi connectivity index (χ0n) is 20.3. The zero-order valence-corrected chi connectivity index (χ0v) is 20.3. The van der Waals surface area contributed by atoms with Gasteiger partial charge in [-0.25, -0.2) is 9.97 Å². The Hall–Kier alpha value is -3.14. The normalized spacial score (nSPS) is 11.7. The lowest BCUT2D eigenvalue weighted by molar-refractivity contribution is 0.787. The van der Waals surface area contributed by atoms with E-state index >= 15 is 0 Å². The fraction of sp³-hybridized carbons (Fsp3) is 0.357. The molecule has 2 aromatic carbocycles. The highest BCUT2D eigenvalue weighted by molar-refractivity contribution is 5.67. The van der Waals surface area contributed by atoms with Crippen molar-refractivity contribution in [2.75, 3.05) is 0 Å². The number of hydrogen-bond donors (Lipinski definition) is 0. The minimum absolute atomic E-state index is 0.460. The van der Waals surface area contributed by atoms with Crippen molar-refractivity contribution in [3.05, 3.63) is 83.2 Å². The molecule has 0 N–H and O–H groups in total. The van der Waals surface area contributed by atoms with Crippen molar-refractivity contribution in [2.24, 2.45) is 7.05 Å². The molecule has 0 aliphatic heterocycles. The molecule has 0 aliphatic rings. The van der Waals surface area contributed by atoms with Gasteiger partial charge in [-0.15, -0.1) is 0 Å². The van der Waals surface area contributed by atoms with Gasteiger partial charge in [-0.3, -0.25) is 0 Å². The van der Waals surface area contributed by atoms with Gasteiger partial charge in [0.25, 0.3) is 0 Å². The van der Waals surface area contributed by atoms with Gasteiger partial charge >= 0.3 is 0 Å². The monoisotopic (exact) mass is 426 g/mol. The summed E-state index contributed by atoms with van der Waals surface area (Å²) >= 11 is 0. The van der Waals surface area contributed by atoms with E-state index in [1.165, 1.54) is 38.9 Å². The Kier molecular flexibility index (Phi) is 6.05. The van der Waals surface area contributed by atoms with E-state index in [-0.39, 0.29) is 0 Å². The van der Waals surface area contributed by atoms with E-state index in [2.05, 4.69) is 99.2 Å². The molecule has 0 amide bonds. The number of imidazole rings is 2. The first-order chi connectivity index (χ1) is 15.3. The first-order valence-electron chi connectivity index (χ1n) is 11.5. The number of benzene rings is 2. The van der Waals surface area contributed by atoms with E-state index in [9.17, 15) is 0 Å². The highest BCUT2D eigenvalue weighted by Crippen LogP contribution is 2.32. The van der Waals surface area contributed by atoms with Gasteiger partial charge in [-0.05, 0) is 59.6 Å². The summed E-state index contributed by atoms with van der Waals surface area (Å²) in [6.45, 7) is 14.2. The summed E-state index contributed by atoms with van der Waals surface area (Å²) in [6, 6.07) is 11.2. The van der Waals surface area contributed by atoms with Crippen molar-refractivity contribution in [3.8, 4) is 22.5 Å². The highest BCUT2D eigenvalue weighted by Gasteiger charge is 2.15. The molecule has 166 valence electrons. The minimum Gasteiger partial charge on any atom is -0.334 e. The maximum absolute atomic E-state index is 4.75. The summed E-state index contributed by atoms with van der Waals surface area (Å²) in [4.78, 5) is 9.09. The lowest BCUT2D eigenvalue weighted by Gasteiger charge is -2.17. The quantitative estimate of drug-likeness (QED) is 0.337. The lowest BCUT2D eigenvalue weighted by Crippen LogP contribution is -2.03. The molecule has 32 heavy (non-hydrogen) atoms. The third-order valence-corrected chi connectivity index (χ3v) is 6.49. The van der Waals surface area contributed by atoms with Crippen LogP contribution < -0.4 is 0 Å². The average Bonchev–Trinajstić information content (AvgIpc) is 3.38. The van der Waals surface area contributed by atoms with Crippen molar-refractivity contribution >= 4 is 0 Å². The van der Waals surface area contributed by atoms with E-state index in [4.69, 9.17) is 4.98 Å². The molecule has 0 spiro atoms. The third kappa shape index (κ3) is 4.14. The van der Waals surface area contributed by atoms with Gasteiger partial charge in [0.05, 0.1) is 30.2 Å². The first-order valence-corrected chi connectivity index (χ1v) is 11.5. The van der Waals surface area contributed by atoms with Crippen molar-refractivity contribution < 1.29 is 0 Å². The first kappa shape index (κ1) is 22.1. The summed E-state index contributed by atoms with van der Waals surface area (Å²) in [6.07, 6.45) is 7.95. The Morgan fingerprint density at radius 1 is 0.875 bits per heavy atom. The van der Waals surface area contributed by atoms with Crippen LogP contribution in [0.1, 0.15) is 67.3 Å². The minimum atomic E-state index is 0.460. The Balaban J connectivity index is 1.71. The predicted octanol–water partition coefficient (Wildman–Crippen LogP) is 6.86. The van der Waals surface area contributed by atoms with Crippen LogP contribution >= 0.6 is 0 Å². The van der Waals surface area contributed by atoms with Crippen LogP contribution in [0.25, 0.3) is 22.5 Å². The predicted molar refractivity (Wildman–Crippen MR) is 133 cm³/mol. The highest BCUT2D eigenvalue weighted by atomic mass is 15.0. The molecule has 2 aromatic heterocycles. The fourth-order valence-corrected chi connectivity index (χ4v) is 4.73. The Morgan fingerprint density at radius 2 is 1.59 bits per heavy atom. The van der Waals surface area contributed by atoms with E-state index in [1.54, 1.807) is 0 Å². The van der Waals surface area contributed by atoms with Gasteiger partial charge in [0.15, 0.2) is 0 Å². The second kappa shape index (κ2) is 8.78. The van der Waals surface area contributed by atoms with Crippen LogP contribution in [0, 0.1) is 13.8 Å². The van der Waals surface area contributed by atoms with Gasteiger partial charge in [0, 0.05) is 30.9 Å². The number of rotatable bonds is 6. The van der Waals surface area contributed by atoms with Gasteiger partial charge in [-0.1, -0.05) is 52.0 Å². The molecule has 0 bridgehead atoms. The Bertz CT molecular complexity index is 1240. The second-order valence-electron chi connectivity index (χ2n) is 9.51. The lowest BCUT2D eigenvalue weighted by atomic mass is 9.90. The average molecular weight is 427 g/mol. The summed E-state index contributed by atoms with van der Waals surface area (Å²) in [5, 5.41) is 0. The van der Waals surface area contributed by atoms with Crippen LogP contribution in [-0.4, -0.2) is 19.1 Å². The molecule has 4 rings (SSSR count). The Labute approximate surface area is 192 Å². The molecule has 0 saturated carbocycles. The van der Waals surface area contributed by atoms with E-state index in [0.717, 1.165) is 17.9 Å². The van der Waals surface area contributed by atoms with Crippen molar-refractivity contribution in [2.45, 2.75) is 59.9 Å². The van der Waals surface area contributed by atoms with Gasteiger partial charge in [-0.2, -0.15) is 0 Å². The smallest absolute Gasteiger partial charge is 0.0956 e. The van der Waals surface area contributed by atoms with E-state index in [0.29, 0.717) is 11.8 Å². The fourth-order valence-electron chi connectivity index (χ4n) is 4.73. The third-order valence-electron chi connectivity index (χ3n) is 6.49. The largest absolute Gasteiger partial charge is 0.334 e.